The summed E-state index contributed by atoms with van der Waals surface area (Å²) < 4.78 is 5.40. The fraction of sp³-hybridized carbons (Fsp3) is 0.786. The number of hydrogen-bond acceptors (Lipinski definition) is 2. The number of carbonyl (C=O) groups is 1. The van der Waals surface area contributed by atoms with Crippen molar-refractivity contribution in [1.82, 2.24) is 0 Å². The third-order valence-corrected chi connectivity index (χ3v) is 7.87. The molecular formula is C14H26O2Si. The van der Waals surface area contributed by atoms with Crippen LogP contribution in [0.5, 0.6) is 0 Å². The molecule has 0 N–H and O–H groups in total. The molecule has 1 aliphatic heterocycles. The number of ether oxygens (including phenoxy) is 1. The van der Waals surface area contributed by atoms with Gasteiger partial charge in [0.05, 0.1) is 14.9 Å². The Balaban J connectivity index is 2.63. The molecule has 1 heterocycles. The molecule has 1 aliphatic rings. The van der Waals surface area contributed by atoms with Crippen LogP contribution >= 0.6 is 0 Å². The van der Waals surface area contributed by atoms with E-state index >= 15 is 0 Å². The van der Waals surface area contributed by atoms with Gasteiger partial charge in [0, 0.05) is 5.57 Å². The van der Waals surface area contributed by atoms with Gasteiger partial charge in [0.2, 0.25) is 0 Å². The van der Waals surface area contributed by atoms with Crippen molar-refractivity contribution < 1.29 is 9.53 Å². The van der Waals surface area contributed by atoms with Crippen LogP contribution in [0, 0.1) is 0 Å². The van der Waals surface area contributed by atoms with E-state index in [0.29, 0.717) is 0 Å². The molecule has 0 radical (unpaired) electrons. The van der Waals surface area contributed by atoms with Crippen LogP contribution in [0.3, 0.4) is 0 Å². The molecule has 0 bridgehead atoms. The Morgan fingerprint density at radius 2 is 1.82 bits per heavy atom. The Hall–Kier alpha value is -0.573. The largest absolute Gasteiger partial charge is 0.459 e. The first-order valence-electron chi connectivity index (χ1n) is 6.94. The molecule has 0 amide bonds. The normalized spacial score (nSPS) is 20.7. The van der Waals surface area contributed by atoms with Crippen LogP contribution < -0.4 is 0 Å². The Bertz CT molecular complexity index is 291. The third kappa shape index (κ3) is 4.30. The van der Waals surface area contributed by atoms with E-state index in [4.69, 9.17) is 4.74 Å². The molecule has 0 aromatic rings. The number of esters is 1. The standard InChI is InChI=1S/C14H26O2Si/c1-5-11(2)16-14(15)12(3)13(4)17-9-7-6-8-10-17/h11,17H,5-10H2,1-4H3. The second kappa shape index (κ2) is 6.99. The van der Waals surface area contributed by atoms with E-state index in [1.807, 2.05) is 20.8 Å². The summed E-state index contributed by atoms with van der Waals surface area (Å²) in [6.07, 6.45) is 5.04. The molecule has 0 spiro atoms. The van der Waals surface area contributed by atoms with E-state index in [2.05, 4.69) is 6.92 Å². The van der Waals surface area contributed by atoms with Crippen molar-refractivity contribution >= 4 is 14.8 Å². The second-order valence-electron chi connectivity index (χ2n) is 5.27. The fourth-order valence-electron chi connectivity index (χ4n) is 2.36. The number of carbonyl (C=O) groups excluding carboxylic acids is 1. The SMILES string of the molecule is CCC(C)OC(=O)C(C)=C(C)[SiH]1CCCCC1. The molecule has 1 saturated heterocycles. The Morgan fingerprint density at radius 3 is 2.35 bits per heavy atom. The molecule has 0 saturated carbocycles. The monoisotopic (exact) mass is 254 g/mol. The summed E-state index contributed by atoms with van der Waals surface area (Å²) in [5, 5.41) is 1.39. The van der Waals surface area contributed by atoms with Crippen LogP contribution in [-0.2, 0) is 9.53 Å². The van der Waals surface area contributed by atoms with Crippen LogP contribution in [0.15, 0.2) is 10.8 Å². The molecule has 17 heavy (non-hydrogen) atoms. The van der Waals surface area contributed by atoms with E-state index in [0.717, 1.165) is 12.0 Å². The summed E-state index contributed by atoms with van der Waals surface area (Å²) in [5.74, 6) is -0.0880. The lowest BCUT2D eigenvalue weighted by Gasteiger charge is -2.22. The quantitative estimate of drug-likeness (QED) is 0.435. The smallest absolute Gasteiger partial charge is 0.333 e. The van der Waals surface area contributed by atoms with Gasteiger partial charge in [-0.1, -0.05) is 43.5 Å². The van der Waals surface area contributed by atoms with Crippen molar-refractivity contribution in [2.75, 3.05) is 0 Å². The van der Waals surface area contributed by atoms with Crippen LogP contribution in [0.2, 0.25) is 12.1 Å². The predicted molar refractivity (Wildman–Crippen MR) is 74.8 cm³/mol. The average Bonchev–Trinajstić information content (AvgIpc) is 2.37. The molecule has 2 nitrogen and oxygen atoms in total. The minimum Gasteiger partial charge on any atom is -0.459 e. The molecule has 1 rings (SSSR count). The van der Waals surface area contributed by atoms with Crippen LogP contribution in [0.25, 0.3) is 0 Å². The maximum absolute atomic E-state index is 11.9. The number of allylic oxidation sites excluding steroid dienone is 1. The van der Waals surface area contributed by atoms with E-state index in [9.17, 15) is 4.79 Å². The molecule has 1 unspecified atom stereocenters. The van der Waals surface area contributed by atoms with Gasteiger partial charge in [-0.05, 0) is 27.2 Å². The van der Waals surface area contributed by atoms with Gasteiger partial charge in [-0.15, -0.1) is 0 Å². The molecule has 0 aromatic carbocycles. The average molecular weight is 254 g/mol. The molecular weight excluding hydrogens is 228 g/mol. The number of rotatable bonds is 4. The predicted octanol–water partition coefficient (Wildman–Crippen LogP) is 3.61. The third-order valence-electron chi connectivity index (χ3n) is 4.00. The highest BCUT2D eigenvalue weighted by molar-refractivity contribution is 6.67. The van der Waals surface area contributed by atoms with Gasteiger partial charge < -0.3 is 4.74 Å². The minimum atomic E-state index is -0.810. The van der Waals surface area contributed by atoms with Gasteiger partial charge in [0.25, 0.3) is 0 Å². The van der Waals surface area contributed by atoms with Crippen molar-refractivity contribution in [3.8, 4) is 0 Å². The van der Waals surface area contributed by atoms with Gasteiger partial charge in [-0.25, -0.2) is 4.79 Å². The molecule has 0 aliphatic carbocycles. The molecule has 0 aromatic heterocycles. The highest BCUT2D eigenvalue weighted by Crippen LogP contribution is 2.25. The minimum absolute atomic E-state index is 0.0401. The highest BCUT2D eigenvalue weighted by Gasteiger charge is 2.21. The van der Waals surface area contributed by atoms with Crippen LogP contribution in [0.4, 0.5) is 0 Å². The van der Waals surface area contributed by atoms with Crippen LogP contribution in [0.1, 0.15) is 53.4 Å². The summed E-state index contributed by atoms with van der Waals surface area (Å²) >= 11 is 0. The van der Waals surface area contributed by atoms with Crippen molar-refractivity contribution in [3.63, 3.8) is 0 Å². The van der Waals surface area contributed by atoms with Crippen molar-refractivity contribution in [2.24, 2.45) is 0 Å². The molecule has 3 heteroatoms. The Morgan fingerprint density at radius 1 is 1.24 bits per heavy atom. The van der Waals surface area contributed by atoms with Gasteiger partial charge in [0.15, 0.2) is 0 Å². The zero-order valence-corrected chi connectivity index (χ0v) is 12.9. The van der Waals surface area contributed by atoms with Crippen LogP contribution in [-0.4, -0.2) is 20.9 Å². The van der Waals surface area contributed by atoms with E-state index in [1.54, 1.807) is 0 Å². The first-order chi connectivity index (χ1) is 8.06. The lowest BCUT2D eigenvalue weighted by molar-refractivity contribution is -0.143. The topological polar surface area (TPSA) is 26.3 Å². The number of hydrogen-bond donors (Lipinski definition) is 0. The van der Waals surface area contributed by atoms with Gasteiger partial charge >= 0.3 is 5.97 Å². The maximum atomic E-state index is 11.9. The first kappa shape index (κ1) is 14.5. The summed E-state index contributed by atoms with van der Waals surface area (Å²) in [6, 6.07) is 2.75. The summed E-state index contributed by atoms with van der Waals surface area (Å²) in [7, 11) is -0.810. The second-order valence-corrected chi connectivity index (χ2v) is 8.68. The Kier molecular flexibility index (Phi) is 5.96. The Labute approximate surface area is 107 Å². The summed E-state index contributed by atoms with van der Waals surface area (Å²) in [4.78, 5) is 11.9. The van der Waals surface area contributed by atoms with Crippen molar-refractivity contribution in [1.29, 1.82) is 0 Å². The highest BCUT2D eigenvalue weighted by atomic mass is 28.3. The molecule has 98 valence electrons. The van der Waals surface area contributed by atoms with Crippen molar-refractivity contribution in [2.45, 2.75) is 71.6 Å². The van der Waals surface area contributed by atoms with E-state index in [1.165, 1.54) is 36.5 Å². The van der Waals surface area contributed by atoms with Gasteiger partial charge in [-0.3, -0.25) is 0 Å². The summed E-state index contributed by atoms with van der Waals surface area (Å²) in [5.41, 5.74) is 0.892. The van der Waals surface area contributed by atoms with E-state index in [-0.39, 0.29) is 12.1 Å². The lowest BCUT2D eigenvalue weighted by Crippen LogP contribution is -2.23. The van der Waals surface area contributed by atoms with Crippen molar-refractivity contribution in [3.05, 3.63) is 10.8 Å². The van der Waals surface area contributed by atoms with Gasteiger partial charge in [0.1, 0.15) is 0 Å². The summed E-state index contributed by atoms with van der Waals surface area (Å²) in [6.45, 7) is 8.11. The van der Waals surface area contributed by atoms with E-state index < -0.39 is 8.80 Å². The fourth-order valence-corrected chi connectivity index (χ4v) is 5.81. The van der Waals surface area contributed by atoms with Gasteiger partial charge in [-0.2, -0.15) is 0 Å². The lowest BCUT2D eigenvalue weighted by atomic mass is 10.2. The maximum Gasteiger partial charge on any atom is 0.333 e. The zero-order valence-electron chi connectivity index (χ0n) is 11.7. The molecule has 1 atom stereocenters. The zero-order chi connectivity index (χ0) is 12.8. The molecule has 1 fully saturated rings. The first-order valence-corrected chi connectivity index (χ1v) is 9.15.